The number of rotatable bonds is 1. The number of fused-ring (bicyclic) bond motifs is 1. The van der Waals surface area contributed by atoms with E-state index in [-0.39, 0.29) is 0 Å². The third kappa shape index (κ3) is 1.84. The topological polar surface area (TPSA) is 42.2 Å². The minimum absolute atomic E-state index is 0.347. The highest BCUT2D eigenvalue weighted by molar-refractivity contribution is 7.15. The Morgan fingerprint density at radius 2 is 2.31 bits per heavy atom. The lowest BCUT2D eigenvalue weighted by Gasteiger charge is -2.15. The molecule has 0 radical (unpaired) electrons. The molecule has 3 rings (SSSR count). The van der Waals surface area contributed by atoms with Crippen LogP contribution in [0.15, 0.2) is 0 Å². The molecule has 2 N–H and O–H groups in total. The fourth-order valence-corrected chi connectivity index (χ4v) is 3.93. The van der Waals surface area contributed by atoms with Crippen LogP contribution in [0.1, 0.15) is 30.3 Å². The molecule has 0 amide bonds. The van der Waals surface area contributed by atoms with Crippen LogP contribution < -0.4 is 10.6 Å². The predicted molar refractivity (Wildman–Crippen MR) is 68.1 cm³/mol. The second-order valence-corrected chi connectivity index (χ2v) is 6.27. The van der Waals surface area contributed by atoms with E-state index < -0.39 is 0 Å². The van der Waals surface area contributed by atoms with Gasteiger partial charge in [0.05, 0.1) is 5.69 Å². The Balaban J connectivity index is 1.82. The van der Waals surface area contributed by atoms with Gasteiger partial charge in [0.25, 0.3) is 0 Å². The molecule has 4 heteroatoms. The van der Waals surface area contributed by atoms with Gasteiger partial charge in [-0.3, -0.25) is 0 Å². The van der Waals surface area contributed by atoms with Gasteiger partial charge in [0.2, 0.25) is 0 Å². The fourth-order valence-electron chi connectivity index (χ4n) is 2.62. The molecule has 0 spiro atoms. The first-order valence-corrected chi connectivity index (χ1v) is 7.03. The van der Waals surface area contributed by atoms with E-state index in [9.17, 15) is 0 Å². The molecule has 16 heavy (non-hydrogen) atoms. The van der Waals surface area contributed by atoms with Crippen LogP contribution in [0, 0.1) is 5.92 Å². The monoisotopic (exact) mass is 237 g/mol. The Bertz CT molecular complexity index is 388. The third-order valence-electron chi connectivity index (χ3n) is 3.67. The van der Waals surface area contributed by atoms with Gasteiger partial charge in [0, 0.05) is 24.0 Å². The maximum Gasteiger partial charge on any atom is 0.185 e. The van der Waals surface area contributed by atoms with Gasteiger partial charge in [-0.2, -0.15) is 0 Å². The largest absolute Gasteiger partial charge is 0.346 e. The number of aromatic nitrogens is 1. The molecule has 0 bridgehead atoms. The molecular weight excluding hydrogens is 218 g/mol. The summed E-state index contributed by atoms with van der Waals surface area (Å²) in [5, 5.41) is 1.21. The van der Waals surface area contributed by atoms with E-state index in [0.717, 1.165) is 25.4 Å². The molecule has 2 aliphatic rings. The van der Waals surface area contributed by atoms with Gasteiger partial charge in [-0.1, -0.05) is 6.92 Å². The molecule has 1 aliphatic carbocycles. The first-order valence-electron chi connectivity index (χ1n) is 6.21. The normalized spacial score (nSPS) is 29.5. The van der Waals surface area contributed by atoms with Crippen LogP contribution in [0.25, 0.3) is 0 Å². The molecular formula is C12H19N3S. The molecule has 1 aliphatic heterocycles. The molecule has 88 valence electrons. The lowest BCUT2D eigenvalue weighted by Crippen LogP contribution is -2.26. The summed E-state index contributed by atoms with van der Waals surface area (Å²) >= 11 is 1.90. The van der Waals surface area contributed by atoms with Crippen molar-refractivity contribution in [1.29, 1.82) is 0 Å². The average Bonchev–Trinajstić information content (AvgIpc) is 2.83. The van der Waals surface area contributed by atoms with Gasteiger partial charge in [-0.05, 0) is 31.6 Å². The summed E-state index contributed by atoms with van der Waals surface area (Å²) in [5.74, 6) is 0.835. The zero-order valence-electron chi connectivity index (χ0n) is 9.78. The zero-order chi connectivity index (χ0) is 11.1. The smallest absolute Gasteiger partial charge is 0.185 e. The Labute approximate surface area is 101 Å². The lowest BCUT2D eigenvalue weighted by atomic mass is 9.93. The van der Waals surface area contributed by atoms with Gasteiger partial charge in [-0.25, -0.2) is 4.98 Å². The third-order valence-corrected chi connectivity index (χ3v) is 4.85. The number of hydrogen-bond donors (Lipinski definition) is 1. The van der Waals surface area contributed by atoms with Crippen LogP contribution in [0.4, 0.5) is 5.13 Å². The van der Waals surface area contributed by atoms with Gasteiger partial charge < -0.3 is 10.6 Å². The molecule has 0 saturated carbocycles. The minimum atomic E-state index is 0.347. The Morgan fingerprint density at radius 3 is 3.06 bits per heavy atom. The van der Waals surface area contributed by atoms with Crippen molar-refractivity contribution in [2.45, 2.75) is 38.6 Å². The quantitative estimate of drug-likeness (QED) is 0.810. The first kappa shape index (κ1) is 10.5. The summed E-state index contributed by atoms with van der Waals surface area (Å²) < 4.78 is 0. The Hall–Kier alpha value is -0.610. The van der Waals surface area contributed by atoms with Gasteiger partial charge in [0.1, 0.15) is 0 Å². The number of thiazole rings is 1. The van der Waals surface area contributed by atoms with Crippen LogP contribution in [-0.4, -0.2) is 24.1 Å². The van der Waals surface area contributed by atoms with Gasteiger partial charge in [0.15, 0.2) is 5.13 Å². The highest BCUT2D eigenvalue weighted by atomic mass is 32.1. The van der Waals surface area contributed by atoms with Crippen molar-refractivity contribution in [3.63, 3.8) is 0 Å². The molecule has 1 saturated heterocycles. The molecule has 2 heterocycles. The summed E-state index contributed by atoms with van der Waals surface area (Å²) in [6, 6.07) is 0.347. The second kappa shape index (κ2) is 4.00. The van der Waals surface area contributed by atoms with Crippen molar-refractivity contribution < 1.29 is 0 Å². The SMILES string of the molecule is CC1CCc2nc(N3CCC(N)C3)sc2C1. The van der Waals surface area contributed by atoms with E-state index in [1.54, 1.807) is 0 Å². The maximum atomic E-state index is 5.94. The van der Waals surface area contributed by atoms with Crippen molar-refractivity contribution in [2.24, 2.45) is 11.7 Å². The van der Waals surface area contributed by atoms with Crippen molar-refractivity contribution in [3.05, 3.63) is 10.6 Å². The molecule has 2 unspecified atom stereocenters. The number of nitrogens with zero attached hydrogens (tertiary/aromatic N) is 2. The summed E-state index contributed by atoms with van der Waals surface area (Å²) in [6.07, 6.45) is 4.82. The van der Waals surface area contributed by atoms with Crippen LogP contribution in [0.5, 0.6) is 0 Å². The van der Waals surface area contributed by atoms with Crippen molar-refractivity contribution in [3.8, 4) is 0 Å². The van der Waals surface area contributed by atoms with E-state index in [0.29, 0.717) is 6.04 Å². The van der Waals surface area contributed by atoms with Crippen LogP contribution in [-0.2, 0) is 12.8 Å². The van der Waals surface area contributed by atoms with Crippen LogP contribution in [0.2, 0.25) is 0 Å². The van der Waals surface area contributed by atoms with E-state index >= 15 is 0 Å². The summed E-state index contributed by atoms with van der Waals surface area (Å²) in [5.41, 5.74) is 7.30. The summed E-state index contributed by atoms with van der Waals surface area (Å²) in [7, 11) is 0. The average molecular weight is 237 g/mol. The lowest BCUT2D eigenvalue weighted by molar-refractivity contribution is 0.502. The highest BCUT2D eigenvalue weighted by Gasteiger charge is 2.25. The van der Waals surface area contributed by atoms with Crippen molar-refractivity contribution in [1.82, 2.24) is 4.98 Å². The van der Waals surface area contributed by atoms with Crippen molar-refractivity contribution in [2.75, 3.05) is 18.0 Å². The molecule has 1 aromatic rings. The van der Waals surface area contributed by atoms with Gasteiger partial charge in [-0.15, -0.1) is 11.3 Å². The maximum absolute atomic E-state index is 5.94. The standard InChI is InChI=1S/C12H19N3S/c1-8-2-3-10-11(6-8)16-12(14-10)15-5-4-9(13)7-15/h8-9H,2-7,13H2,1H3. The minimum Gasteiger partial charge on any atom is -0.346 e. The van der Waals surface area contributed by atoms with Crippen LogP contribution in [0.3, 0.4) is 0 Å². The second-order valence-electron chi connectivity index (χ2n) is 5.21. The Kier molecular flexibility index (Phi) is 2.64. The van der Waals surface area contributed by atoms with E-state index in [2.05, 4.69) is 11.8 Å². The highest BCUT2D eigenvalue weighted by Crippen LogP contribution is 2.34. The number of anilines is 1. The number of aryl methyl sites for hydroxylation is 1. The fraction of sp³-hybridized carbons (Fsp3) is 0.750. The number of hydrogen-bond acceptors (Lipinski definition) is 4. The molecule has 1 fully saturated rings. The van der Waals surface area contributed by atoms with E-state index in [4.69, 9.17) is 10.7 Å². The molecule has 2 atom stereocenters. The first-order chi connectivity index (χ1) is 7.72. The van der Waals surface area contributed by atoms with E-state index in [1.165, 1.54) is 35.0 Å². The van der Waals surface area contributed by atoms with Crippen molar-refractivity contribution >= 4 is 16.5 Å². The van der Waals surface area contributed by atoms with Gasteiger partial charge >= 0.3 is 0 Å². The molecule has 1 aromatic heterocycles. The zero-order valence-corrected chi connectivity index (χ0v) is 10.6. The molecule has 3 nitrogen and oxygen atoms in total. The summed E-state index contributed by atoms with van der Waals surface area (Å²) in [6.45, 7) is 4.42. The molecule has 0 aromatic carbocycles. The summed E-state index contributed by atoms with van der Waals surface area (Å²) in [4.78, 5) is 8.67. The predicted octanol–water partition coefficient (Wildman–Crippen LogP) is 1.81. The number of nitrogens with two attached hydrogens (primary N) is 1. The Morgan fingerprint density at radius 1 is 1.44 bits per heavy atom. The van der Waals surface area contributed by atoms with Crippen LogP contribution >= 0.6 is 11.3 Å². The van der Waals surface area contributed by atoms with E-state index in [1.807, 2.05) is 11.3 Å².